The summed E-state index contributed by atoms with van der Waals surface area (Å²) in [6.07, 6.45) is 23.0. The number of piperidine rings is 2. The third kappa shape index (κ3) is 10.0. The van der Waals surface area contributed by atoms with Crippen LogP contribution in [0.15, 0.2) is 36.1 Å². The molecule has 4 N–H and O–H groups in total. The molecule has 2 heterocycles. The minimum atomic E-state index is -0.177. The van der Waals surface area contributed by atoms with Crippen molar-refractivity contribution in [3.05, 3.63) is 47.2 Å². The number of hydrogen-bond donors (Lipinski definition) is 3. The van der Waals surface area contributed by atoms with E-state index in [0.29, 0.717) is 6.04 Å². The fourth-order valence-electron chi connectivity index (χ4n) is 7.54. The van der Waals surface area contributed by atoms with Crippen molar-refractivity contribution in [1.82, 2.24) is 15.5 Å². The summed E-state index contributed by atoms with van der Waals surface area (Å²) in [5.41, 5.74) is 13.7. The van der Waals surface area contributed by atoms with E-state index in [-0.39, 0.29) is 6.29 Å². The molecular formula is C36H62N6. The van der Waals surface area contributed by atoms with E-state index in [0.717, 1.165) is 18.9 Å². The number of rotatable bonds is 14. The average molecular weight is 579 g/mol. The number of hydrogen-bond acceptors (Lipinski definition) is 6. The Hall–Kier alpha value is -2.02. The SMILES string of the molecule is C/C=C(/CCCN1CCCCC1)NC(N)N[C@H]1CC[C@@H](Cc2cc(N3CCCCC3)cc(C)c2N(C)C/C=C/C)CC1. The number of anilines is 2. The molecule has 0 amide bonds. The van der Waals surface area contributed by atoms with Gasteiger partial charge in [0.15, 0.2) is 0 Å². The van der Waals surface area contributed by atoms with Gasteiger partial charge in [-0.25, -0.2) is 0 Å². The molecule has 2 aliphatic heterocycles. The first kappa shape index (κ1) is 32.9. The molecule has 0 spiro atoms. The average Bonchev–Trinajstić information content (AvgIpc) is 3.01. The van der Waals surface area contributed by atoms with E-state index >= 15 is 0 Å². The van der Waals surface area contributed by atoms with Crippen LogP contribution < -0.4 is 26.2 Å². The first-order valence-corrected chi connectivity index (χ1v) is 17.3. The zero-order valence-corrected chi connectivity index (χ0v) is 27.5. The van der Waals surface area contributed by atoms with E-state index in [2.05, 4.69) is 83.5 Å². The Morgan fingerprint density at radius 2 is 1.69 bits per heavy atom. The van der Waals surface area contributed by atoms with Crippen LogP contribution in [-0.4, -0.2) is 63.5 Å². The lowest BCUT2D eigenvalue weighted by Crippen LogP contribution is -2.53. The van der Waals surface area contributed by atoms with Gasteiger partial charge in [0.05, 0.1) is 0 Å². The standard InChI is InChI=1S/C36H62N6/c1-5-7-20-40(4)35-29(3)26-34(42-24-12-9-13-25-42)28-31(35)27-30-16-18-33(19-17-30)39-36(37)38-32(6-2)15-14-23-41-21-10-8-11-22-41/h5-7,26,28,30,33,36,38-39H,8-25,27,37H2,1-4H3/b7-5+,32-6-/t30-,33+,36?. The van der Waals surface area contributed by atoms with E-state index in [1.165, 1.54) is 132 Å². The van der Waals surface area contributed by atoms with Gasteiger partial charge in [-0.05, 0) is 147 Å². The molecule has 3 fully saturated rings. The van der Waals surface area contributed by atoms with Crippen LogP contribution in [0, 0.1) is 12.8 Å². The topological polar surface area (TPSA) is 59.8 Å². The van der Waals surface area contributed by atoms with Crippen molar-refractivity contribution in [2.24, 2.45) is 11.7 Å². The van der Waals surface area contributed by atoms with Crippen molar-refractivity contribution in [3.8, 4) is 0 Å². The quantitative estimate of drug-likeness (QED) is 0.169. The fraction of sp³-hybridized carbons (Fsp3) is 0.722. The molecule has 3 aliphatic rings. The molecule has 0 aromatic heterocycles. The van der Waals surface area contributed by atoms with Gasteiger partial charge in [0.1, 0.15) is 6.29 Å². The molecule has 6 nitrogen and oxygen atoms in total. The maximum atomic E-state index is 6.56. The van der Waals surface area contributed by atoms with Gasteiger partial charge in [-0.2, -0.15) is 0 Å². The van der Waals surface area contributed by atoms with E-state index in [4.69, 9.17) is 5.73 Å². The van der Waals surface area contributed by atoms with Crippen LogP contribution in [0.25, 0.3) is 0 Å². The molecule has 0 bridgehead atoms. The maximum absolute atomic E-state index is 6.56. The van der Waals surface area contributed by atoms with Crippen LogP contribution in [-0.2, 0) is 6.42 Å². The van der Waals surface area contributed by atoms with Crippen LogP contribution in [0.3, 0.4) is 0 Å². The fourth-order valence-corrected chi connectivity index (χ4v) is 7.54. The van der Waals surface area contributed by atoms with Gasteiger partial charge in [-0.15, -0.1) is 0 Å². The van der Waals surface area contributed by atoms with Crippen molar-refractivity contribution >= 4 is 11.4 Å². The largest absolute Gasteiger partial charge is 0.372 e. The highest BCUT2D eigenvalue weighted by Gasteiger charge is 2.25. The number of aryl methyl sites for hydroxylation is 1. The Labute approximate surface area is 258 Å². The number of nitrogens with zero attached hydrogens (tertiary/aromatic N) is 3. The summed E-state index contributed by atoms with van der Waals surface area (Å²) in [5, 5.41) is 7.29. The molecule has 236 valence electrons. The van der Waals surface area contributed by atoms with Crippen molar-refractivity contribution in [2.45, 2.75) is 117 Å². The predicted octanol–water partition coefficient (Wildman–Crippen LogP) is 6.69. The van der Waals surface area contributed by atoms with E-state index < -0.39 is 0 Å². The molecule has 1 unspecified atom stereocenters. The minimum absolute atomic E-state index is 0.177. The third-order valence-electron chi connectivity index (χ3n) is 9.91. The Morgan fingerprint density at radius 3 is 2.36 bits per heavy atom. The zero-order valence-electron chi connectivity index (χ0n) is 27.5. The molecule has 4 rings (SSSR count). The highest BCUT2D eigenvalue weighted by molar-refractivity contribution is 5.67. The van der Waals surface area contributed by atoms with Crippen molar-refractivity contribution in [2.75, 3.05) is 56.1 Å². The summed E-state index contributed by atoms with van der Waals surface area (Å²) in [5.74, 6) is 0.734. The molecule has 42 heavy (non-hydrogen) atoms. The summed E-state index contributed by atoms with van der Waals surface area (Å²) in [7, 11) is 2.26. The second-order valence-electron chi connectivity index (χ2n) is 13.3. The number of likely N-dealkylation sites (tertiary alicyclic amines) is 1. The number of allylic oxidation sites excluding steroid dienone is 3. The molecule has 1 aromatic carbocycles. The smallest absolute Gasteiger partial charge is 0.129 e. The van der Waals surface area contributed by atoms with Crippen LogP contribution in [0.2, 0.25) is 0 Å². The summed E-state index contributed by atoms with van der Waals surface area (Å²) in [6, 6.07) is 5.47. The maximum Gasteiger partial charge on any atom is 0.129 e. The van der Waals surface area contributed by atoms with Crippen molar-refractivity contribution in [1.29, 1.82) is 0 Å². The third-order valence-corrected chi connectivity index (χ3v) is 9.91. The number of benzene rings is 1. The summed E-state index contributed by atoms with van der Waals surface area (Å²) in [4.78, 5) is 7.70. The van der Waals surface area contributed by atoms with Crippen molar-refractivity contribution < 1.29 is 0 Å². The van der Waals surface area contributed by atoms with Crippen LogP contribution in [0.4, 0.5) is 11.4 Å². The lowest BCUT2D eigenvalue weighted by Gasteiger charge is -2.34. The Balaban J connectivity index is 1.28. The molecule has 2 saturated heterocycles. The zero-order chi connectivity index (χ0) is 29.7. The van der Waals surface area contributed by atoms with E-state index in [1.54, 1.807) is 5.56 Å². The van der Waals surface area contributed by atoms with Gasteiger partial charge in [0.25, 0.3) is 0 Å². The molecule has 0 radical (unpaired) electrons. The number of likely N-dealkylation sites (N-methyl/N-ethyl adjacent to an activating group) is 1. The highest BCUT2D eigenvalue weighted by Crippen LogP contribution is 2.36. The van der Waals surface area contributed by atoms with Crippen LogP contribution in [0.5, 0.6) is 0 Å². The summed E-state index contributed by atoms with van der Waals surface area (Å²) in [6.45, 7) is 13.7. The lowest BCUT2D eigenvalue weighted by molar-refractivity contribution is 0.225. The van der Waals surface area contributed by atoms with Gasteiger partial charge in [0.2, 0.25) is 0 Å². The normalized spacial score (nSPS) is 23.4. The molecule has 1 aromatic rings. The number of nitrogens with two attached hydrogens (primary N) is 1. The first-order valence-electron chi connectivity index (χ1n) is 17.3. The Kier molecular flexibility index (Phi) is 13.6. The molecule has 6 heteroatoms. The van der Waals surface area contributed by atoms with Crippen molar-refractivity contribution in [3.63, 3.8) is 0 Å². The minimum Gasteiger partial charge on any atom is -0.372 e. The number of nitrogens with one attached hydrogen (secondary N) is 2. The Morgan fingerprint density at radius 1 is 1.00 bits per heavy atom. The second-order valence-corrected chi connectivity index (χ2v) is 13.3. The first-order chi connectivity index (χ1) is 20.5. The monoisotopic (exact) mass is 579 g/mol. The summed E-state index contributed by atoms with van der Waals surface area (Å²) >= 11 is 0. The molecular weight excluding hydrogens is 516 g/mol. The van der Waals surface area contributed by atoms with E-state index in [9.17, 15) is 0 Å². The predicted molar refractivity (Wildman–Crippen MR) is 182 cm³/mol. The Bertz CT molecular complexity index is 983. The lowest BCUT2D eigenvalue weighted by atomic mass is 9.81. The van der Waals surface area contributed by atoms with Gasteiger partial charge < -0.3 is 20.0 Å². The van der Waals surface area contributed by atoms with Gasteiger partial charge in [0, 0.05) is 49.8 Å². The molecule has 1 atom stereocenters. The highest BCUT2D eigenvalue weighted by atomic mass is 15.2. The molecule has 1 aliphatic carbocycles. The van der Waals surface area contributed by atoms with Gasteiger partial charge >= 0.3 is 0 Å². The van der Waals surface area contributed by atoms with Gasteiger partial charge in [-0.1, -0.05) is 24.6 Å². The summed E-state index contributed by atoms with van der Waals surface area (Å²) < 4.78 is 0. The van der Waals surface area contributed by atoms with Gasteiger partial charge in [-0.3, -0.25) is 11.1 Å². The molecule has 1 saturated carbocycles. The van der Waals surface area contributed by atoms with Crippen LogP contribution in [0.1, 0.15) is 102 Å². The second kappa shape index (κ2) is 17.3. The van der Waals surface area contributed by atoms with E-state index in [1.807, 2.05) is 0 Å². The van der Waals surface area contributed by atoms with Crippen LogP contribution >= 0.6 is 0 Å².